The molecule has 0 radical (unpaired) electrons. The van der Waals surface area contributed by atoms with Gasteiger partial charge in [0, 0.05) is 17.7 Å². The number of rotatable bonds is 8. The lowest BCUT2D eigenvalue weighted by Gasteiger charge is -2.24. The van der Waals surface area contributed by atoms with Gasteiger partial charge in [0.2, 0.25) is 0 Å². The molecule has 0 aliphatic rings. The topological polar surface area (TPSA) is 21.3 Å². The van der Waals surface area contributed by atoms with Gasteiger partial charge in [-0.25, -0.2) is 0 Å². The van der Waals surface area contributed by atoms with Crippen LogP contribution in [0.3, 0.4) is 0 Å². The number of halogens is 1. The van der Waals surface area contributed by atoms with Gasteiger partial charge in [-0.05, 0) is 57.7 Å². The highest BCUT2D eigenvalue weighted by atomic mass is 35.5. The predicted molar refractivity (Wildman–Crippen MR) is 92.1 cm³/mol. The Kier molecular flexibility index (Phi) is 7.72. The van der Waals surface area contributed by atoms with Crippen molar-refractivity contribution in [3.05, 3.63) is 34.9 Å². The molecule has 0 aromatic heterocycles. The van der Waals surface area contributed by atoms with Crippen molar-refractivity contribution in [2.45, 2.75) is 59.1 Å². The zero-order chi connectivity index (χ0) is 15.9. The van der Waals surface area contributed by atoms with Crippen LogP contribution in [0.1, 0.15) is 46.6 Å². The van der Waals surface area contributed by atoms with E-state index in [-0.39, 0.29) is 5.60 Å². The highest BCUT2D eigenvalue weighted by Crippen LogP contribution is 2.21. The lowest BCUT2D eigenvalue weighted by molar-refractivity contribution is -0.00927. The standard InChI is InChI=1S/C18H30ClNO/c1-14(2)20-13-15(10-11-21-18(3,4)5)12-16-8-6-7-9-17(16)19/h6-9,14-15,20H,10-13H2,1-5H3. The summed E-state index contributed by atoms with van der Waals surface area (Å²) in [6, 6.07) is 8.63. The van der Waals surface area contributed by atoms with Gasteiger partial charge in [0.25, 0.3) is 0 Å². The molecule has 1 rings (SSSR count). The molecule has 0 aliphatic carbocycles. The molecule has 0 aliphatic heterocycles. The summed E-state index contributed by atoms with van der Waals surface area (Å²) in [5, 5.41) is 4.40. The Balaban J connectivity index is 2.57. The van der Waals surface area contributed by atoms with Crippen LogP contribution in [0.5, 0.6) is 0 Å². The first-order valence-electron chi connectivity index (χ1n) is 7.88. The summed E-state index contributed by atoms with van der Waals surface area (Å²) in [5.41, 5.74) is 1.16. The van der Waals surface area contributed by atoms with Crippen LogP contribution in [0.15, 0.2) is 24.3 Å². The molecule has 21 heavy (non-hydrogen) atoms. The molecule has 0 amide bonds. The smallest absolute Gasteiger partial charge is 0.0598 e. The van der Waals surface area contributed by atoms with Gasteiger partial charge < -0.3 is 10.1 Å². The van der Waals surface area contributed by atoms with E-state index < -0.39 is 0 Å². The third-order valence-electron chi connectivity index (χ3n) is 3.34. The second kappa shape index (κ2) is 8.77. The number of nitrogens with one attached hydrogen (secondary N) is 1. The molecule has 1 aromatic rings. The number of benzene rings is 1. The average molecular weight is 312 g/mol. The van der Waals surface area contributed by atoms with Crippen LogP contribution in [-0.4, -0.2) is 24.8 Å². The molecule has 1 unspecified atom stereocenters. The fraction of sp³-hybridized carbons (Fsp3) is 0.667. The average Bonchev–Trinajstić information content (AvgIpc) is 2.36. The van der Waals surface area contributed by atoms with Crippen LogP contribution >= 0.6 is 11.6 Å². The highest BCUT2D eigenvalue weighted by Gasteiger charge is 2.15. The van der Waals surface area contributed by atoms with Crippen LogP contribution in [0.4, 0.5) is 0 Å². The molecule has 1 N–H and O–H groups in total. The molecule has 2 nitrogen and oxygen atoms in total. The van der Waals surface area contributed by atoms with Gasteiger partial charge in [-0.2, -0.15) is 0 Å². The SMILES string of the molecule is CC(C)NCC(CCOC(C)(C)C)Cc1ccccc1Cl. The molecule has 1 aromatic carbocycles. The molecule has 0 heterocycles. The minimum atomic E-state index is -0.0690. The highest BCUT2D eigenvalue weighted by molar-refractivity contribution is 6.31. The van der Waals surface area contributed by atoms with Crippen molar-refractivity contribution in [1.82, 2.24) is 5.32 Å². The van der Waals surface area contributed by atoms with Gasteiger partial charge in [0.15, 0.2) is 0 Å². The quantitative estimate of drug-likeness (QED) is 0.751. The molecule has 0 bridgehead atoms. The molecule has 120 valence electrons. The normalized spacial score (nSPS) is 13.7. The van der Waals surface area contributed by atoms with Crippen molar-refractivity contribution >= 4 is 11.6 Å². The van der Waals surface area contributed by atoms with E-state index >= 15 is 0 Å². The lowest BCUT2D eigenvalue weighted by Crippen LogP contribution is -2.31. The number of ether oxygens (including phenoxy) is 1. The zero-order valence-corrected chi connectivity index (χ0v) is 14.8. The summed E-state index contributed by atoms with van der Waals surface area (Å²) in [7, 11) is 0. The molecular weight excluding hydrogens is 282 g/mol. The summed E-state index contributed by atoms with van der Waals surface area (Å²) in [5.74, 6) is 0.537. The summed E-state index contributed by atoms with van der Waals surface area (Å²) in [6.45, 7) is 12.4. The maximum Gasteiger partial charge on any atom is 0.0598 e. The summed E-state index contributed by atoms with van der Waals surface area (Å²) < 4.78 is 5.87. The van der Waals surface area contributed by atoms with Crippen molar-refractivity contribution in [2.24, 2.45) is 5.92 Å². The maximum absolute atomic E-state index is 6.29. The second-order valence-electron chi connectivity index (χ2n) is 6.97. The third-order valence-corrected chi connectivity index (χ3v) is 3.71. The number of hydrogen-bond acceptors (Lipinski definition) is 2. The van der Waals surface area contributed by atoms with Crippen molar-refractivity contribution in [2.75, 3.05) is 13.2 Å². The van der Waals surface area contributed by atoms with Crippen LogP contribution in [0.25, 0.3) is 0 Å². The fourth-order valence-electron chi connectivity index (χ4n) is 2.19. The summed E-state index contributed by atoms with van der Waals surface area (Å²) >= 11 is 6.29. The van der Waals surface area contributed by atoms with E-state index in [0.717, 1.165) is 31.0 Å². The second-order valence-corrected chi connectivity index (χ2v) is 7.38. The largest absolute Gasteiger partial charge is 0.376 e. The fourth-order valence-corrected chi connectivity index (χ4v) is 2.40. The van der Waals surface area contributed by atoms with Gasteiger partial charge in [-0.15, -0.1) is 0 Å². The van der Waals surface area contributed by atoms with E-state index in [4.69, 9.17) is 16.3 Å². The monoisotopic (exact) mass is 311 g/mol. The van der Waals surface area contributed by atoms with Gasteiger partial charge >= 0.3 is 0 Å². The van der Waals surface area contributed by atoms with E-state index in [1.165, 1.54) is 5.56 Å². The van der Waals surface area contributed by atoms with E-state index in [1.54, 1.807) is 0 Å². The Labute approximate surface area is 135 Å². The van der Waals surface area contributed by atoms with E-state index in [0.29, 0.717) is 12.0 Å². The summed E-state index contributed by atoms with van der Waals surface area (Å²) in [6.07, 6.45) is 2.04. The van der Waals surface area contributed by atoms with E-state index in [1.807, 2.05) is 12.1 Å². The molecule has 0 saturated carbocycles. The first kappa shape index (κ1) is 18.5. The zero-order valence-electron chi connectivity index (χ0n) is 14.1. The summed E-state index contributed by atoms with van der Waals surface area (Å²) in [4.78, 5) is 0. The third kappa shape index (κ3) is 8.45. The van der Waals surface area contributed by atoms with E-state index in [2.05, 4.69) is 52.1 Å². The van der Waals surface area contributed by atoms with E-state index in [9.17, 15) is 0 Å². The van der Waals surface area contributed by atoms with Crippen LogP contribution in [0, 0.1) is 5.92 Å². The van der Waals surface area contributed by atoms with Crippen molar-refractivity contribution < 1.29 is 4.74 Å². The molecule has 3 heteroatoms. The lowest BCUT2D eigenvalue weighted by atomic mass is 9.96. The molecular formula is C18H30ClNO. The Bertz CT molecular complexity index is 412. The van der Waals surface area contributed by atoms with Gasteiger partial charge in [-0.1, -0.05) is 43.6 Å². The first-order chi connectivity index (χ1) is 9.78. The Morgan fingerprint density at radius 1 is 1.19 bits per heavy atom. The van der Waals surface area contributed by atoms with Crippen molar-refractivity contribution in [3.63, 3.8) is 0 Å². The minimum absolute atomic E-state index is 0.0690. The van der Waals surface area contributed by atoms with Gasteiger partial charge in [0.05, 0.1) is 5.60 Å². The Morgan fingerprint density at radius 3 is 2.43 bits per heavy atom. The first-order valence-corrected chi connectivity index (χ1v) is 8.26. The molecule has 0 spiro atoms. The minimum Gasteiger partial charge on any atom is -0.376 e. The molecule has 0 saturated heterocycles. The maximum atomic E-state index is 6.29. The Hall–Kier alpha value is -0.570. The molecule has 1 atom stereocenters. The van der Waals surface area contributed by atoms with Crippen LogP contribution < -0.4 is 5.32 Å². The van der Waals surface area contributed by atoms with Crippen LogP contribution in [-0.2, 0) is 11.2 Å². The predicted octanol–water partition coefficient (Wildman–Crippen LogP) is 4.70. The molecule has 0 fully saturated rings. The van der Waals surface area contributed by atoms with Crippen molar-refractivity contribution in [1.29, 1.82) is 0 Å². The van der Waals surface area contributed by atoms with Gasteiger partial charge in [0.1, 0.15) is 0 Å². The Morgan fingerprint density at radius 2 is 1.86 bits per heavy atom. The van der Waals surface area contributed by atoms with Crippen LogP contribution in [0.2, 0.25) is 5.02 Å². The van der Waals surface area contributed by atoms with Gasteiger partial charge in [-0.3, -0.25) is 0 Å². The van der Waals surface area contributed by atoms with Crippen molar-refractivity contribution in [3.8, 4) is 0 Å². The number of hydrogen-bond donors (Lipinski definition) is 1.